The number of fused-ring (bicyclic) bond motifs is 1. The Bertz CT molecular complexity index is 867. The maximum atomic E-state index is 11.0. The highest BCUT2D eigenvalue weighted by atomic mass is 19.5. The Morgan fingerprint density at radius 1 is 0.960 bits per heavy atom. The summed E-state index contributed by atoms with van der Waals surface area (Å²) in [5.74, 6) is 0. The molecule has 0 amide bonds. The standard InChI is InChI=1S/C16H13N2O2.BF4/c19-18(20)16-8-4-7-14-12-17(10-9-15(14)16)11-13-5-2-1-3-6-13;2-1(3,4)5/h1-10,12H,11H2;/q+1;-1. The average Bonchev–Trinajstić information content (AvgIpc) is 2.53. The van der Waals surface area contributed by atoms with Crippen molar-refractivity contribution in [3.05, 3.63) is 82.7 Å². The quantitative estimate of drug-likeness (QED) is 0.231. The first-order chi connectivity index (χ1) is 11.7. The third kappa shape index (κ3) is 5.87. The van der Waals surface area contributed by atoms with Crippen LogP contribution in [0.1, 0.15) is 5.56 Å². The van der Waals surface area contributed by atoms with Crippen LogP contribution in [-0.2, 0) is 6.54 Å². The molecule has 0 bridgehead atoms. The second-order valence-corrected chi connectivity index (χ2v) is 5.13. The van der Waals surface area contributed by atoms with Crippen LogP contribution in [0.25, 0.3) is 10.8 Å². The molecule has 2 aromatic carbocycles. The Kier molecular flexibility index (Phi) is 5.69. The summed E-state index contributed by atoms with van der Waals surface area (Å²) in [5, 5.41) is 12.5. The largest absolute Gasteiger partial charge is 0.673 e. The van der Waals surface area contributed by atoms with Crippen molar-refractivity contribution in [3.8, 4) is 0 Å². The number of nitro benzene ring substituents is 1. The SMILES string of the molecule is F[B-](F)(F)F.O=[N+]([O-])c1cccc2c[n+](Cc3ccccc3)ccc12. The lowest BCUT2D eigenvalue weighted by Crippen LogP contribution is -2.33. The van der Waals surface area contributed by atoms with E-state index in [-0.39, 0.29) is 10.6 Å². The monoisotopic (exact) mass is 352 g/mol. The molecule has 130 valence electrons. The summed E-state index contributed by atoms with van der Waals surface area (Å²) in [6.45, 7) is 0.749. The molecule has 3 rings (SSSR count). The number of pyridine rings is 1. The van der Waals surface area contributed by atoms with E-state index in [1.807, 2.05) is 41.2 Å². The van der Waals surface area contributed by atoms with Gasteiger partial charge < -0.3 is 17.3 Å². The van der Waals surface area contributed by atoms with E-state index in [4.69, 9.17) is 0 Å². The molecule has 0 saturated heterocycles. The van der Waals surface area contributed by atoms with Crippen LogP contribution in [0.5, 0.6) is 0 Å². The van der Waals surface area contributed by atoms with Crippen LogP contribution in [0.2, 0.25) is 0 Å². The van der Waals surface area contributed by atoms with Crippen molar-refractivity contribution in [2.24, 2.45) is 0 Å². The topological polar surface area (TPSA) is 47.0 Å². The van der Waals surface area contributed by atoms with Gasteiger partial charge in [-0.3, -0.25) is 10.1 Å². The van der Waals surface area contributed by atoms with Crippen LogP contribution in [0.3, 0.4) is 0 Å². The van der Waals surface area contributed by atoms with Crippen LogP contribution in [0.4, 0.5) is 23.0 Å². The number of hydrogen-bond acceptors (Lipinski definition) is 2. The maximum Gasteiger partial charge on any atom is 0.673 e. The first-order valence-electron chi connectivity index (χ1n) is 7.21. The van der Waals surface area contributed by atoms with Gasteiger partial charge in [0, 0.05) is 17.7 Å². The Morgan fingerprint density at radius 2 is 1.60 bits per heavy atom. The fourth-order valence-corrected chi connectivity index (χ4v) is 2.31. The summed E-state index contributed by atoms with van der Waals surface area (Å²) in [6, 6.07) is 17.0. The number of nitrogens with zero attached hydrogens (tertiary/aromatic N) is 2. The van der Waals surface area contributed by atoms with Crippen molar-refractivity contribution in [2.75, 3.05) is 0 Å². The first kappa shape index (κ1) is 18.4. The van der Waals surface area contributed by atoms with E-state index in [1.165, 1.54) is 11.6 Å². The molecule has 9 heteroatoms. The van der Waals surface area contributed by atoms with Gasteiger partial charge in [0.15, 0.2) is 18.9 Å². The van der Waals surface area contributed by atoms with Gasteiger partial charge in [-0.1, -0.05) is 36.4 Å². The van der Waals surface area contributed by atoms with Crippen LogP contribution in [0, 0.1) is 10.1 Å². The zero-order valence-corrected chi connectivity index (χ0v) is 12.9. The second kappa shape index (κ2) is 7.74. The third-order valence-electron chi connectivity index (χ3n) is 3.26. The molecule has 3 aromatic rings. The van der Waals surface area contributed by atoms with Crippen molar-refractivity contribution >= 4 is 23.7 Å². The summed E-state index contributed by atoms with van der Waals surface area (Å²) >= 11 is 0. The van der Waals surface area contributed by atoms with Gasteiger partial charge in [0.25, 0.3) is 5.69 Å². The fourth-order valence-electron chi connectivity index (χ4n) is 2.31. The highest BCUT2D eigenvalue weighted by molar-refractivity contribution is 6.50. The highest BCUT2D eigenvalue weighted by Gasteiger charge is 2.20. The van der Waals surface area contributed by atoms with Crippen LogP contribution in [-0.4, -0.2) is 12.2 Å². The molecule has 1 heterocycles. The third-order valence-corrected chi connectivity index (χ3v) is 3.26. The van der Waals surface area contributed by atoms with Gasteiger partial charge in [-0.15, -0.1) is 0 Å². The van der Waals surface area contributed by atoms with Gasteiger partial charge in [0.05, 0.1) is 15.7 Å². The van der Waals surface area contributed by atoms with E-state index in [0.29, 0.717) is 5.39 Å². The van der Waals surface area contributed by atoms with Gasteiger partial charge in [-0.05, 0) is 6.07 Å². The zero-order chi connectivity index (χ0) is 18.4. The van der Waals surface area contributed by atoms with Crippen molar-refractivity contribution in [1.29, 1.82) is 0 Å². The lowest BCUT2D eigenvalue weighted by atomic mass is 10.1. The molecule has 4 nitrogen and oxygen atoms in total. The molecule has 0 N–H and O–H groups in total. The lowest BCUT2D eigenvalue weighted by Gasteiger charge is -2.00. The lowest BCUT2D eigenvalue weighted by molar-refractivity contribution is -0.687. The number of aromatic nitrogens is 1. The van der Waals surface area contributed by atoms with Crippen molar-refractivity contribution in [2.45, 2.75) is 6.54 Å². The van der Waals surface area contributed by atoms with Gasteiger partial charge in [0.2, 0.25) is 0 Å². The fraction of sp³-hybridized carbons (Fsp3) is 0.0625. The number of halogens is 4. The number of hydrogen-bond donors (Lipinski definition) is 0. The van der Waals surface area contributed by atoms with E-state index < -0.39 is 7.25 Å². The average molecular weight is 352 g/mol. The molecule has 0 aliphatic carbocycles. The molecule has 0 radical (unpaired) electrons. The summed E-state index contributed by atoms with van der Waals surface area (Å²) < 4.78 is 41.0. The minimum Gasteiger partial charge on any atom is -0.418 e. The highest BCUT2D eigenvalue weighted by Crippen LogP contribution is 2.23. The van der Waals surface area contributed by atoms with Crippen molar-refractivity contribution in [1.82, 2.24) is 0 Å². The Balaban J connectivity index is 0.000000399. The summed E-state index contributed by atoms with van der Waals surface area (Å²) in [5.41, 5.74) is 1.34. The van der Waals surface area contributed by atoms with Crippen LogP contribution >= 0.6 is 0 Å². The molecule has 1 aromatic heterocycles. The van der Waals surface area contributed by atoms with Gasteiger partial charge in [0.1, 0.15) is 0 Å². The van der Waals surface area contributed by atoms with E-state index in [9.17, 15) is 27.4 Å². The molecule has 0 fully saturated rings. The van der Waals surface area contributed by atoms with E-state index in [1.54, 1.807) is 12.1 Å². The van der Waals surface area contributed by atoms with Crippen LogP contribution in [0.15, 0.2) is 67.0 Å². The number of non-ortho nitro benzene ring substituents is 1. The molecular formula is C16H13BF4N2O2. The predicted molar refractivity (Wildman–Crippen MR) is 86.5 cm³/mol. The maximum absolute atomic E-state index is 11.0. The van der Waals surface area contributed by atoms with E-state index in [0.717, 1.165) is 11.9 Å². The smallest absolute Gasteiger partial charge is 0.418 e. The minimum atomic E-state index is -6.00. The van der Waals surface area contributed by atoms with Gasteiger partial charge in [-0.25, -0.2) is 4.57 Å². The number of nitro groups is 1. The molecule has 0 saturated carbocycles. The molecule has 0 aliphatic rings. The number of rotatable bonds is 3. The number of benzene rings is 2. The second-order valence-electron chi connectivity index (χ2n) is 5.13. The van der Waals surface area contributed by atoms with E-state index in [2.05, 4.69) is 12.1 Å². The van der Waals surface area contributed by atoms with Crippen LogP contribution < -0.4 is 4.57 Å². The minimum absolute atomic E-state index is 0.148. The van der Waals surface area contributed by atoms with Crippen molar-refractivity contribution in [3.63, 3.8) is 0 Å². The Hall–Kier alpha value is -2.97. The van der Waals surface area contributed by atoms with Crippen molar-refractivity contribution < 1.29 is 26.8 Å². The normalized spacial score (nSPS) is 10.9. The molecule has 0 spiro atoms. The molecule has 0 aliphatic heterocycles. The summed E-state index contributed by atoms with van der Waals surface area (Å²) in [6.07, 6.45) is 3.82. The Labute approximate surface area is 140 Å². The summed E-state index contributed by atoms with van der Waals surface area (Å²) in [7, 11) is -6.00. The predicted octanol–water partition coefficient (Wildman–Crippen LogP) is 4.38. The molecular weight excluding hydrogens is 339 g/mol. The molecule has 25 heavy (non-hydrogen) atoms. The Morgan fingerprint density at radius 3 is 2.20 bits per heavy atom. The molecule has 0 atom stereocenters. The zero-order valence-electron chi connectivity index (χ0n) is 12.9. The van der Waals surface area contributed by atoms with E-state index >= 15 is 0 Å². The summed E-state index contributed by atoms with van der Waals surface area (Å²) in [4.78, 5) is 10.6. The molecule has 0 unspecified atom stereocenters. The van der Waals surface area contributed by atoms with Gasteiger partial charge in [-0.2, -0.15) is 0 Å². The first-order valence-corrected chi connectivity index (χ1v) is 7.21. The van der Waals surface area contributed by atoms with Gasteiger partial charge >= 0.3 is 7.25 Å².